The molecule has 0 aliphatic carbocycles. The number of esters is 1. The van der Waals surface area contributed by atoms with Gasteiger partial charge in [0.1, 0.15) is 4.88 Å². The molecule has 1 aromatic heterocycles. The maximum Gasteiger partial charge on any atom is 0.348 e. The summed E-state index contributed by atoms with van der Waals surface area (Å²) in [6.07, 6.45) is 1.17. The molecule has 0 fully saturated rings. The Hall–Kier alpha value is -0.870. The number of hydrogen-bond acceptors (Lipinski definition) is 4. The van der Waals surface area contributed by atoms with E-state index in [0.29, 0.717) is 17.9 Å². The van der Waals surface area contributed by atoms with Crippen LogP contribution in [0, 0.1) is 5.41 Å². The Morgan fingerprint density at radius 2 is 2.11 bits per heavy atom. The van der Waals surface area contributed by atoms with Crippen molar-refractivity contribution >= 4 is 17.3 Å². The SMILES string of the molecule is CCOC(=O)c1ccc(C(O)CCC(C)(C)C)s1. The van der Waals surface area contributed by atoms with Gasteiger partial charge >= 0.3 is 5.97 Å². The summed E-state index contributed by atoms with van der Waals surface area (Å²) in [5, 5.41) is 10.1. The molecule has 102 valence electrons. The van der Waals surface area contributed by atoms with E-state index in [1.807, 2.05) is 6.07 Å². The molecule has 1 atom stereocenters. The number of aliphatic hydroxyl groups excluding tert-OH is 1. The summed E-state index contributed by atoms with van der Waals surface area (Å²) >= 11 is 1.32. The molecule has 0 aliphatic rings. The van der Waals surface area contributed by atoms with Gasteiger partial charge < -0.3 is 9.84 Å². The smallest absolute Gasteiger partial charge is 0.348 e. The number of aliphatic hydroxyl groups is 1. The summed E-state index contributed by atoms with van der Waals surface area (Å²) in [5.41, 5.74) is 0.211. The molecule has 0 aliphatic heterocycles. The largest absolute Gasteiger partial charge is 0.462 e. The van der Waals surface area contributed by atoms with Crippen molar-refractivity contribution in [2.75, 3.05) is 6.61 Å². The minimum Gasteiger partial charge on any atom is -0.462 e. The van der Waals surface area contributed by atoms with Crippen molar-refractivity contribution in [1.82, 2.24) is 0 Å². The van der Waals surface area contributed by atoms with Crippen molar-refractivity contribution in [3.63, 3.8) is 0 Å². The fourth-order valence-corrected chi connectivity index (χ4v) is 2.48. The van der Waals surface area contributed by atoms with Gasteiger partial charge in [0.05, 0.1) is 12.7 Å². The predicted octanol–water partition coefficient (Wildman–Crippen LogP) is 3.78. The molecule has 4 heteroatoms. The van der Waals surface area contributed by atoms with E-state index in [2.05, 4.69) is 20.8 Å². The number of carbonyl (C=O) groups excluding carboxylic acids is 1. The molecule has 0 spiro atoms. The second-order valence-corrected chi connectivity index (χ2v) is 6.65. The van der Waals surface area contributed by atoms with Gasteiger partial charge in [-0.25, -0.2) is 4.79 Å². The second-order valence-electron chi connectivity index (χ2n) is 5.54. The first-order valence-corrected chi connectivity index (χ1v) is 7.10. The lowest BCUT2D eigenvalue weighted by atomic mass is 9.89. The molecule has 18 heavy (non-hydrogen) atoms. The molecule has 0 saturated heterocycles. The highest BCUT2D eigenvalue weighted by atomic mass is 32.1. The van der Waals surface area contributed by atoms with E-state index in [4.69, 9.17) is 4.74 Å². The van der Waals surface area contributed by atoms with Crippen molar-refractivity contribution in [1.29, 1.82) is 0 Å². The van der Waals surface area contributed by atoms with Crippen LogP contribution in [-0.4, -0.2) is 17.7 Å². The molecule has 0 bridgehead atoms. The monoisotopic (exact) mass is 270 g/mol. The van der Waals surface area contributed by atoms with Crippen molar-refractivity contribution in [2.45, 2.75) is 46.6 Å². The molecule has 1 N–H and O–H groups in total. The molecule has 0 amide bonds. The number of ether oxygens (including phenoxy) is 1. The second kappa shape index (κ2) is 6.34. The average molecular weight is 270 g/mol. The molecule has 1 aromatic rings. The van der Waals surface area contributed by atoms with Crippen LogP contribution in [0.15, 0.2) is 12.1 Å². The van der Waals surface area contributed by atoms with Gasteiger partial charge in [-0.3, -0.25) is 0 Å². The average Bonchev–Trinajstić information content (AvgIpc) is 2.74. The summed E-state index contributed by atoms with van der Waals surface area (Å²) in [4.78, 5) is 12.9. The number of hydrogen-bond donors (Lipinski definition) is 1. The number of thiophene rings is 1. The Bertz CT molecular complexity index is 390. The molecular weight excluding hydrogens is 248 g/mol. The molecular formula is C14H22O3S. The highest BCUT2D eigenvalue weighted by Crippen LogP contribution is 2.31. The van der Waals surface area contributed by atoms with E-state index in [1.54, 1.807) is 13.0 Å². The summed E-state index contributed by atoms with van der Waals surface area (Å²) < 4.78 is 4.93. The lowest BCUT2D eigenvalue weighted by Crippen LogP contribution is -2.07. The van der Waals surface area contributed by atoms with Crippen molar-refractivity contribution in [2.24, 2.45) is 5.41 Å². The fourth-order valence-electron chi connectivity index (χ4n) is 1.56. The Kier molecular flexibility index (Phi) is 5.35. The third kappa shape index (κ3) is 4.78. The lowest BCUT2D eigenvalue weighted by molar-refractivity contribution is 0.0532. The number of carbonyl (C=O) groups is 1. The van der Waals surface area contributed by atoms with E-state index in [9.17, 15) is 9.90 Å². The van der Waals surface area contributed by atoms with Crippen LogP contribution in [0.2, 0.25) is 0 Å². The standard InChI is InChI=1S/C14H22O3S/c1-5-17-13(16)12-7-6-11(18-12)10(15)8-9-14(2,3)4/h6-7,10,15H,5,8-9H2,1-4H3. The predicted molar refractivity (Wildman–Crippen MR) is 73.9 cm³/mol. The lowest BCUT2D eigenvalue weighted by Gasteiger charge is -2.19. The van der Waals surface area contributed by atoms with E-state index in [0.717, 1.165) is 11.3 Å². The highest BCUT2D eigenvalue weighted by molar-refractivity contribution is 7.14. The van der Waals surface area contributed by atoms with Crippen LogP contribution in [0.3, 0.4) is 0 Å². The van der Waals surface area contributed by atoms with Gasteiger partial charge in [-0.2, -0.15) is 0 Å². The molecule has 1 unspecified atom stereocenters. The Balaban J connectivity index is 2.59. The molecule has 3 nitrogen and oxygen atoms in total. The van der Waals surface area contributed by atoms with Crippen LogP contribution in [0.5, 0.6) is 0 Å². The van der Waals surface area contributed by atoms with Crippen LogP contribution in [0.1, 0.15) is 61.2 Å². The minimum absolute atomic E-state index is 0.211. The van der Waals surface area contributed by atoms with Crippen molar-refractivity contribution in [3.8, 4) is 0 Å². The maximum atomic E-state index is 11.5. The Labute approximate surface area is 113 Å². The van der Waals surface area contributed by atoms with Crippen LogP contribution in [0.4, 0.5) is 0 Å². The first-order valence-electron chi connectivity index (χ1n) is 6.28. The van der Waals surface area contributed by atoms with Crippen LogP contribution in [-0.2, 0) is 4.74 Å². The van der Waals surface area contributed by atoms with Gasteiger partial charge in [0, 0.05) is 4.88 Å². The van der Waals surface area contributed by atoms with Gasteiger partial charge in [-0.15, -0.1) is 11.3 Å². The van der Waals surface area contributed by atoms with Gasteiger partial charge in [0.25, 0.3) is 0 Å². The summed E-state index contributed by atoms with van der Waals surface area (Å²) in [7, 11) is 0. The van der Waals surface area contributed by atoms with Gasteiger partial charge in [0.2, 0.25) is 0 Å². The van der Waals surface area contributed by atoms with Gasteiger partial charge in [-0.05, 0) is 37.3 Å². The van der Waals surface area contributed by atoms with Crippen LogP contribution >= 0.6 is 11.3 Å². The zero-order chi connectivity index (χ0) is 13.8. The third-order valence-corrected chi connectivity index (χ3v) is 3.77. The van der Waals surface area contributed by atoms with Crippen molar-refractivity contribution < 1.29 is 14.6 Å². The van der Waals surface area contributed by atoms with E-state index in [1.165, 1.54) is 11.3 Å². The van der Waals surface area contributed by atoms with Crippen LogP contribution in [0.25, 0.3) is 0 Å². The van der Waals surface area contributed by atoms with Crippen LogP contribution < -0.4 is 0 Å². The molecule has 0 radical (unpaired) electrons. The highest BCUT2D eigenvalue weighted by Gasteiger charge is 2.18. The van der Waals surface area contributed by atoms with Gasteiger partial charge in [-0.1, -0.05) is 20.8 Å². The normalized spacial score (nSPS) is 13.4. The molecule has 0 saturated carbocycles. The van der Waals surface area contributed by atoms with E-state index >= 15 is 0 Å². The zero-order valence-electron chi connectivity index (χ0n) is 11.5. The van der Waals surface area contributed by atoms with E-state index in [-0.39, 0.29) is 11.4 Å². The molecule has 0 aromatic carbocycles. The Morgan fingerprint density at radius 3 is 2.67 bits per heavy atom. The Morgan fingerprint density at radius 1 is 1.44 bits per heavy atom. The quantitative estimate of drug-likeness (QED) is 0.828. The maximum absolute atomic E-state index is 11.5. The zero-order valence-corrected chi connectivity index (χ0v) is 12.3. The fraction of sp³-hybridized carbons (Fsp3) is 0.643. The number of rotatable bonds is 5. The first-order chi connectivity index (χ1) is 8.33. The molecule has 1 heterocycles. The topological polar surface area (TPSA) is 46.5 Å². The van der Waals surface area contributed by atoms with Crippen molar-refractivity contribution in [3.05, 3.63) is 21.9 Å². The minimum atomic E-state index is -0.489. The summed E-state index contributed by atoms with van der Waals surface area (Å²) in [6, 6.07) is 3.53. The van der Waals surface area contributed by atoms with E-state index < -0.39 is 6.10 Å². The molecule has 1 rings (SSSR count). The van der Waals surface area contributed by atoms with Gasteiger partial charge in [0.15, 0.2) is 0 Å². The third-order valence-electron chi connectivity index (χ3n) is 2.60. The first kappa shape index (κ1) is 15.2. The summed E-state index contributed by atoms with van der Waals surface area (Å²) in [6.45, 7) is 8.61. The summed E-state index contributed by atoms with van der Waals surface area (Å²) in [5.74, 6) is -0.309.